The molecule has 0 aliphatic heterocycles. The molecule has 0 aliphatic rings. The van der Waals surface area contributed by atoms with Crippen LogP contribution in [0.15, 0.2) is 0 Å². The van der Waals surface area contributed by atoms with Gasteiger partial charge in [-0.05, 0) is 19.3 Å². The lowest BCUT2D eigenvalue weighted by atomic mass is 10.1. The fourth-order valence-corrected chi connectivity index (χ4v) is 1.52. The molecule has 0 fully saturated rings. The number of rotatable bonds is 9. The smallest absolute Gasteiger partial charge is 0.320 e. The van der Waals surface area contributed by atoms with Crippen LogP contribution in [0.1, 0.15) is 47.0 Å². The predicted molar refractivity (Wildman–Crippen MR) is 71.4 cm³/mol. The van der Waals surface area contributed by atoms with Gasteiger partial charge in [-0.15, -0.1) is 0 Å². The maximum Gasteiger partial charge on any atom is 0.320 e. The molecule has 0 spiro atoms. The summed E-state index contributed by atoms with van der Waals surface area (Å²) in [6, 6.07) is -1.13. The summed E-state index contributed by atoms with van der Waals surface area (Å²) < 4.78 is 0. The van der Waals surface area contributed by atoms with E-state index < -0.39 is 18.1 Å². The molecule has 2 atom stereocenters. The zero-order chi connectivity index (χ0) is 14.1. The van der Waals surface area contributed by atoms with Crippen LogP contribution in [-0.2, 0) is 9.59 Å². The highest BCUT2D eigenvalue weighted by Crippen LogP contribution is 2.02. The summed E-state index contributed by atoms with van der Waals surface area (Å²) in [6.07, 6.45) is 2.33. The van der Waals surface area contributed by atoms with Gasteiger partial charge in [0.2, 0.25) is 5.91 Å². The maximum absolute atomic E-state index is 11.7. The van der Waals surface area contributed by atoms with Crippen molar-refractivity contribution in [3.8, 4) is 0 Å². The molecule has 106 valence electrons. The first-order valence-corrected chi connectivity index (χ1v) is 6.65. The number of unbranched alkanes of at least 4 members (excludes halogenated alkanes) is 1. The molecule has 0 aromatic rings. The highest BCUT2D eigenvalue weighted by molar-refractivity contribution is 5.82. The molecule has 0 radical (unpaired) electrons. The van der Waals surface area contributed by atoms with Crippen molar-refractivity contribution in [3.05, 3.63) is 0 Å². The van der Waals surface area contributed by atoms with Gasteiger partial charge in [0.25, 0.3) is 0 Å². The van der Waals surface area contributed by atoms with Gasteiger partial charge in [0, 0.05) is 6.54 Å². The molecule has 0 bridgehead atoms. The third kappa shape index (κ3) is 7.27. The first-order chi connectivity index (χ1) is 8.38. The van der Waals surface area contributed by atoms with E-state index in [1.54, 1.807) is 6.92 Å². The van der Waals surface area contributed by atoms with Crippen LogP contribution in [0.25, 0.3) is 0 Å². The summed E-state index contributed by atoms with van der Waals surface area (Å²) >= 11 is 0. The predicted octanol–water partition coefficient (Wildman–Crippen LogP) is 1.38. The van der Waals surface area contributed by atoms with Crippen LogP contribution < -0.4 is 10.6 Å². The molecular weight excluding hydrogens is 232 g/mol. The van der Waals surface area contributed by atoms with Crippen LogP contribution in [0.4, 0.5) is 0 Å². The summed E-state index contributed by atoms with van der Waals surface area (Å²) in [4.78, 5) is 22.7. The number of hydrogen-bond donors (Lipinski definition) is 3. The molecule has 0 heterocycles. The van der Waals surface area contributed by atoms with Gasteiger partial charge < -0.3 is 10.4 Å². The Morgan fingerprint density at radius 3 is 2.28 bits per heavy atom. The van der Waals surface area contributed by atoms with Gasteiger partial charge in [-0.1, -0.05) is 33.6 Å². The van der Waals surface area contributed by atoms with E-state index in [-0.39, 0.29) is 5.91 Å². The summed E-state index contributed by atoms with van der Waals surface area (Å²) in [6.45, 7) is 8.34. The van der Waals surface area contributed by atoms with Crippen LogP contribution in [-0.4, -0.2) is 35.6 Å². The number of carboxylic acid groups (broad SMARTS) is 1. The second-order valence-corrected chi connectivity index (χ2v) is 5.06. The third-order valence-electron chi connectivity index (χ3n) is 2.67. The number of aliphatic carboxylic acids is 1. The summed E-state index contributed by atoms with van der Waals surface area (Å²) in [7, 11) is 0. The summed E-state index contributed by atoms with van der Waals surface area (Å²) in [5, 5.41) is 14.7. The van der Waals surface area contributed by atoms with Crippen molar-refractivity contribution in [2.45, 2.75) is 59.0 Å². The van der Waals surface area contributed by atoms with Crippen LogP contribution >= 0.6 is 0 Å². The van der Waals surface area contributed by atoms with Crippen molar-refractivity contribution >= 4 is 11.9 Å². The van der Waals surface area contributed by atoms with E-state index in [9.17, 15) is 9.59 Å². The van der Waals surface area contributed by atoms with Crippen molar-refractivity contribution < 1.29 is 14.7 Å². The van der Waals surface area contributed by atoms with E-state index >= 15 is 0 Å². The topological polar surface area (TPSA) is 78.4 Å². The van der Waals surface area contributed by atoms with E-state index in [1.807, 2.05) is 20.8 Å². The molecule has 5 nitrogen and oxygen atoms in total. The SMILES string of the molecule is CCCCC(NC(C)C(=O)NCC(C)C)C(=O)O. The monoisotopic (exact) mass is 258 g/mol. The molecule has 0 saturated carbocycles. The zero-order valence-corrected chi connectivity index (χ0v) is 11.8. The van der Waals surface area contributed by atoms with E-state index in [4.69, 9.17) is 5.11 Å². The second kappa shape index (κ2) is 8.91. The average molecular weight is 258 g/mol. The Labute approximate surface area is 109 Å². The maximum atomic E-state index is 11.7. The molecule has 18 heavy (non-hydrogen) atoms. The molecular formula is C13H26N2O3. The highest BCUT2D eigenvalue weighted by atomic mass is 16.4. The minimum Gasteiger partial charge on any atom is -0.480 e. The second-order valence-electron chi connectivity index (χ2n) is 5.06. The summed E-state index contributed by atoms with van der Waals surface area (Å²) in [5.74, 6) is -0.657. The number of hydrogen-bond acceptors (Lipinski definition) is 3. The highest BCUT2D eigenvalue weighted by Gasteiger charge is 2.22. The van der Waals surface area contributed by atoms with E-state index in [0.717, 1.165) is 12.8 Å². The average Bonchev–Trinajstić information content (AvgIpc) is 2.30. The van der Waals surface area contributed by atoms with Crippen LogP contribution in [0, 0.1) is 5.92 Å². The Balaban J connectivity index is 4.18. The molecule has 0 aliphatic carbocycles. The Hall–Kier alpha value is -1.10. The first-order valence-electron chi connectivity index (χ1n) is 6.65. The van der Waals surface area contributed by atoms with Crippen LogP contribution in [0.5, 0.6) is 0 Å². The lowest BCUT2D eigenvalue weighted by Gasteiger charge is -2.20. The van der Waals surface area contributed by atoms with E-state index in [1.165, 1.54) is 0 Å². The first kappa shape index (κ1) is 16.9. The number of carbonyl (C=O) groups excluding carboxylic acids is 1. The minimum absolute atomic E-state index is 0.147. The van der Waals surface area contributed by atoms with Gasteiger partial charge in [0.1, 0.15) is 6.04 Å². The van der Waals surface area contributed by atoms with Gasteiger partial charge in [-0.2, -0.15) is 0 Å². The van der Waals surface area contributed by atoms with Crippen molar-refractivity contribution in [2.24, 2.45) is 5.92 Å². The van der Waals surface area contributed by atoms with Gasteiger partial charge >= 0.3 is 5.97 Å². The standard InChI is InChI=1S/C13H26N2O3/c1-5-6-7-11(13(17)18)15-10(4)12(16)14-8-9(2)3/h9-11,15H,5-8H2,1-4H3,(H,14,16)(H,17,18). The molecule has 0 aromatic carbocycles. The van der Waals surface area contributed by atoms with Gasteiger partial charge in [-0.25, -0.2) is 0 Å². The molecule has 0 rings (SSSR count). The normalized spacial score (nSPS) is 14.3. The number of carboxylic acids is 1. The van der Waals surface area contributed by atoms with Crippen molar-refractivity contribution in [2.75, 3.05) is 6.54 Å². The number of carbonyl (C=O) groups is 2. The van der Waals surface area contributed by atoms with E-state index in [2.05, 4.69) is 10.6 Å². The van der Waals surface area contributed by atoms with Gasteiger partial charge in [-0.3, -0.25) is 14.9 Å². The largest absolute Gasteiger partial charge is 0.480 e. The van der Waals surface area contributed by atoms with Crippen LogP contribution in [0.2, 0.25) is 0 Å². The Morgan fingerprint density at radius 1 is 1.22 bits per heavy atom. The Bertz CT molecular complexity index is 267. The fourth-order valence-electron chi connectivity index (χ4n) is 1.52. The van der Waals surface area contributed by atoms with Crippen molar-refractivity contribution in [1.29, 1.82) is 0 Å². The minimum atomic E-state index is -0.896. The molecule has 5 heteroatoms. The molecule has 3 N–H and O–H groups in total. The molecule has 1 amide bonds. The van der Waals surface area contributed by atoms with E-state index in [0.29, 0.717) is 18.9 Å². The van der Waals surface area contributed by atoms with Crippen molar-refractivity contribution in [1.82, 2.24) is 10.6 Å². The molecule has 2 unspecified atom stereocenters. The lowest BCUT2D eigenvalue weighted by Crippen LogP contribution is -2.49. The molecule has 0 aromatic heterocycles. The van der Waals surface area contributed by atoms with Crippen molar-refractivity contribution in [3.63, 3.8) is 0 Å². The molecule has 0 saturated heterocycles. The summed E-state index contributed by atoms with van der Waals surface area (Å²) in [5.41, 5.74) is 0. The Kier molecular flexibility index (Phi) is 8.37. The van der Waals surface area contributed by atoms with Crippen LogP contribution in [0.3, 0.4) is 0 Å². The quantitative estimate of drug-likeness (QED) is 0.584. The third-order valence-corrected chi connectivity index (χ3v) is 2.67. The Morgan fingerprint density at radius 2 is 1.83 bits per heavy atom. The fraction of sp³-hybridized carbons (Fsp3) is 0.846. The van der Waals surface area contributed by atoms with Gasteiger partial charge in [0.05, 0.1) is 6.04 Å². The number of amides is 1. The number of nitrogens with one attached hydrogen (secondary N) is 2. The van der Waals surface area contributed by atoms with Gasteiger partial charge in [0.15, 0.2) is 0 Å². The zero-order valence-electron chi connectivity index (χ0n) is 11.8. The lowest BCUT2D eigenvalue weighted by molar-refractivity contribution is -0.140.